The number of aliphatic imine (C=N–C) groups is 1. The van der Waals surface area contributed by atoms with Crippen molar-refractivity contribution in [1.82, 2.24) is 0 Å². The van der Waals surface area contributed by atoms with E-state index in [4.69, 9.17) is 5.73 Å². The van der Waals surface area contributed by atoms with Crippen molar-refractivity contribution in [2.75, 3.05) is 6.61 Å². The summed E-state index contributed by atoms with van der Waals surface area (Å²) in [6, 6.07) is 0. The molecule has 0 aliphatic heterocycles. The molecule has 0 saturated heterocycles. The van der Waals surface area contributed by atoms with Crippen LogP contribution in [-0.2, 0) is 9.53 Å². The van der Waals surface area contributed by atoms with Gasteiger partial charge in [0.25, 0.3) is 0 Å². The van der Waals surface area contributed by atoms with E-state index in [1.54, 1.807) is 6.92 Å². The molecule has 0 atom stereocenters. The van der Waals surface area contributed by atoms with Gasteiger partial charge >= 0.3 is 5.97 Å². The highest BCUT2D eigenvalue weighted by atomic mass is 32.1. The van der Waals surface area contributed by atoms with Gasteiger partial charge in [-0.3, -0.25) is 4.79 Å². The monoisotopic (exact) mass is 174 g/mol. The molecule has 0 aromatic carbocycles. The van der Waals surface area contributed by atoms with Crippen LogP contribution in [0.5, 0.6) is 0 Å². The quantitative estimate of drug-likeness (QED) is 0.378. The molecule has 0 bridgehead atoms. The van der Waals surface area contributed by atoms with Gasteiger partial charge < -0.3 is 10.5 Å². The molecule has 0 fully saturated rings. The first-order valence-corrected chi connectivity index (χ1v) is 3.55. The van der Waals surface area contributed by atoms with Crippen LogP contribution in [0.2, 0.25) is 0 Å². The number of carbonyl (C=O) groups excluding carboxylic acids is 1. The Morgan fingerprint density at radius 1 is 1.82 bits per heavy atom. The van der Waals surface area contributed by atoms with E-state index in [-0.39, 0.29) is 17.5 Å². The van der Waals surface area contributed by atoms with Gasteiger partial charge in [0.15, 0.2) is 5.11 Å². The molecule has 0 aromatic rings. The smallest absolute Gasteiger partial charge is 0.311 e. The summed E-state index contributed by atoms with van der Waals surface area (Å²) >= 11 is 4.44. The van der Waals surface area contributed by atoms with Gasteiger partial charge in [0.05, 0.1) is 13.0 Å². The first-order chi connectivity index (χ1) is 5.16. The molecule has 0 radical (unpaired) electrons. The summed E-state index contributed by atoms with van der Waals surface area (Å²) in [4.78, 5) is 14.2. The first-order valence-electron chi connectivity index (χ1n) is 3.14. The SMILES string of the molecule is CCOC(=O)CC=NC(N)=S. The zero-order chi connectivity index (χ0) is 8.69. The number of hydrogen-bond acceptors (Lipinski definition) is 3. The van der Waals surface area contributed by atoms with Crippen LogP contribution in [0.25, 0.3) is 0 Å². The van der Waals surface area contributed by atoms with E-state index in [1.165, 1.54) is 6.21 Å². The fraction of sp³-hybridized carbons (Fsp3) is 0.500. The molecule has 0 unspecified atom stereocenters. The number of carbonyl (C=O) groups is 1. The lowest BCUT2D eigenvalue weighted by molar-refractivity contribution is -0.141. The maximum absolute atomic E-state index is 10.6. The van der Waals surface area contributed by atoms with Crippen LogP contribution in [0.1, 0.15) is 13.3 Å². The minimum Gasteiger partial charge on any atom is -0.466 e. The van der Waals surface area contributed by atoms with Gasteiger partial charge in [-0.2, -0.15) is 0 Å². The molecule has 0 spiro atoms. The molecule has 0 aromatic heterocycles. The second kappa shape index (κ2) is 5.79. The Kier molecular flexibility index (Phi) is 5.28. The van der Waals surface area contributed by atoms with Gasteiger partial charge in [-0.15, -0.1) is 0 Å². The van der Waals surface area contributed by atoms with E-state index < -0.39 is 0 Å². The average molecular weight is 174 g/mol. The second-order valence-electron chi connectivity index (χ2n) is 1.66. The number of nitrogens with zero attached hydrogens (tertiary/aromatic N) is 1. The second-order valence-corrected chi connectivity index (χ2v) is 2.08. The molecule has 5 heteroatoms. The Morgan fingerprint density at radius 3 is 2.91 bits per heavy atom. The van der Waals surface area contributed by atoms with Gasteiger partial charge in [-0.1, -0.05) is 0 Å². The molecule has 0 saturated carbocycles. The zero-order valence-corrected chi connectivity index (χ0v) is 7.06. The van der Waals surface area contributed by atoms with Gasteiger partial charge in [0.1, 0.15) is 0 Å². The molecule has 11 heavy (non-hydrogen) atoms. The molecular weight excluding hydrogens is 164 g/mol. The fourth-order valence-electron chi connectivity index (χ4n) is 0.430. The number of esters is 1. The minimum atomic E-state index is -0.326. The highest BCUT2D eigenvalue weighted by Crippen LogP contribution is 1.82. The lowest BCUT2D eigenvalue weighted by atomic mass is 10.5. The molecule has 2 N–H and O–H groups in total. The third-order valence-corrected chi connectivity index (χ3v) is 0.887. The predicted octanol–water partition coefficient (Wildman–Crippen LogP) is 0.254. The number of nitrogens with two attached hydrogens (primary N) is 1. The van der Waals surface area contributed by atoms with Crippen LogP contribution in [0, 0.1) is 0 Å². The van der Waals surface area contributed by atoms with Crippen molar-refractivity contribution in [2.24, 2.45) is 10.7 Å². The third kappa shape index (κ3) is 6.92. The molecule has 0 aliphatic rings. The predicted molar refractivity (Wildman–Crippen MR) is 46.5 cm³/mol. The van der Waals surface area contributed by atoms with Crippen LogP contribution in [0.4, 0.5) is 0 Å². The molecule has 0 heterocycles. The van der Waals surface area contributed by atoms with Crippen molar-refractivity contribution in [3.63, 3.8) is 0 Å². The summed E-state index contributed by atoms with van der Waals surface area (Å²) in [5, 5.41) is 0.0225. The van der Waals surface area contributed by atoms with Gasteiger partial charge in [-0.05, 0) is 19.1 Å². The Balaban J connectivity index is 3.53. The molecule has 62 valence electrons. The van der Waals surface area contributed by atoms with Crippen molar-refractivity contribution in [3.05, 3.63) is 0 Å². The third-order valence-electron chi connectivity index (χ3n) is 0.782. The highest BCUT2D eigenvalue weighted by molar-refractivity contribution is 7.80. The Hall–Kier alpha value is -0.970. The minimum absolute atomic E-state index is 0.0225. The highest BCUT2D eigenvalue weighted by Gasteiger charge is 1.96. The summed E-state index contributed by atoms with van der Waals surface area (Å²) in [7, 11) is 0. The van der Waals surface area contributed by atoms with Gasteiger partial charge in [-0.25, -0.2) is 4.99 Å². The van der Waals surface area contributed by atoms with Crippen molar-refractivity contribution < 1.29 is 9.53 Å². The fourth-order valence-corrected chi connectivity index (χ4v) is 0.505. The summed E-state index contributed by atoms with van der Waals surface area (Å²) < 4.78 is 4.61. The van der Waals surface area contributed by atoms with E-state index in [9.17, 15) is 4.79 Å². The van der Waals surface area contributed by atoms with Crippen LogP contribution in [-0.4, -0.2) is 23.9 Å². The lowest BCUT2D eigenvalue weighted by Crippen LogP contribution is -2.07. The summed E-state index contributed by atoms with van der Waals surface area (Å²) in [5.74, 6) is -0.326. The van der Waals surface area contributed by atoms with Crippen molar-refractivity contribution in [3.8, 4) is 0 Å². The van der Waals surface area contributed by atoms with Crippen molar-refractivity contribution >= 4 is 29.5 Å². The Labute approximate surface area is 70.4 Å². The van der Waals surface area contributed by atoms with E-state index in [0.29, 0.717) is 6.61 Å². The van der Waals surface area contributed by atoms with Crippen molar-refractivity contribution in [1.29, 1.82) is 0 Å². The van der Waals surface area contributed by atoms with Gasteiger partial charge in [0, 0.05) is 6.21 Å². The Morgan fingerprint density at radius 2 is 2.45 bits per heavy atom. The van der Waals surface area contributed by atoms with E-state index in [1.807, 2.05) is 0 Å². The van der Waals surface area contributed by atoms with E-state index in [0.717, 1.165) is 0 Å². The molecule has 0 aliphatic carbocycles. The molecule has 0 amide bonds. The Bertz CT molecular complexity index is 179. The number of ether oxygens (including phenoxy) is 1. The van der Waals surface area contributed by atoms with Crippen LogP contribution in [0.3, 0.4) is 0 Å². The maximum atomic E-state index is 10.6. The topological polar surface area (TPSA) is 64.7 Å². The van der Waals surface area contributed by atoms with E-state index in [2.05, 4.69) is 21.9 Å². The lowest BCUT2D eigenvalue weighted by Gasteiger charge is -1.95. The van der Waals surface area contributed by atoms with E-state index >= 15 is 0 Å². The largest absolute Gasteiger partial charge is 0.466 e. The van der Waals surface area contributed by atoms with Crippen molar-refractivity contribution in [2.45, 2.75) is 13.3 Å². The normalized spacial score (nSPS) is 9.91. The number of hydrogen-bond donors (Lipinski definition) is 1. The maximum Gasteiger partial charge on any atom is 0.311 e. The summed E-state index contributed by atoms with van der Waals surface area (Å²) in [6.45, 7) is 2.11. The zero-order valence-electron chi connectivity index (χ0n) is 6.24. The van der Waals surface area contributed by atoms with Crippen LogP contribution in [0.15, 0.2) is 4.99 Å². The molecular formula is C6H10N2O2S. The molecule has 0 rings (SSSR count). The van der Waals surface area contributed by atoms with Gasteiger partial charge in [0.2, 0.25) is 0 Å². The standard InChI is InChI=1S/C6H10N2O2S/c1-2-10-5(9)3-4-8-6(7)11/h4H,2-3H2,1H3,(H2,7,11). The number of thiocarbonyl (C=S) groups is 1. The number of rotatable bonds is 3. The van der Waals surface area contributed by atoms with Crippen LogP contribution < -0.4 is 5.73 Å². The summed E-state index contributed by atoms with van der Waals surface area (Å²) in [5.41, 5.74) is 5.03. The van der Waals surface area contributed by atoms with Crippen LogP contribution >= 0.6 is 12.2 Å². The first kappa shape index (κ1) is 10.0. The average Bonchev–Trinajstić information content (AvgIpc) is 1.87. The summed E-state index contributed by atoms with van der Waals surface area (Å²) in [6.07, 6.45) is 1.45. The molecule has 4 nitrogen and oxygen atoms in total.